The van der Waals surface area contributed by atoms with Gasteiger partial charge in [0.15, 0.2) is 0 Å². The number of amides is 1. The number of para-hydroxylation sites is 2. The van der Waals surface area contributed by atoms with Crippen LogP contribution in [-0.2, 0) is 4.79 Å². The summed E-state index contributed by atoms with van der Waals surface area (Å²) in [5, 5.41) is 4.37. The third-order valence-corrected chi connectivity index (χ3v) is 6.58. The van der Waals surface area contributed by atoms with Gasteiger partial charge in [-0.15, -0.1) is 11.3 Å². The zero-order valence-corrected chi connectivity index (χ0v) is 17.6. The predicted molar refractivity (Wildman–Crippen MR) is 120 cm³/mol. The molecule has 0 saturated heterocycles. The van der Waals surface area contributed by atoms with Crippen molar-refractivity contribution in [3.8, 4) is 16.2 Å². The first kappa shape index (κ1) is 19.4. The molecule has 0 bridgehead atoms. The molecule has 1 atom stereocenters. The number of nitrogens with one attached hydrogen (secondary N) is 1. The molecule has 0 radical (unpaired) electrons. The van der Waals surface area contributed by atoms with Crippen LogP contribution in [0.1, 0.15) is 6.92 Å². The van der Waals surface area contributed by atoms with E-state index in [-0.39, 0.29) is 11.2 Å². The van der Waals surface area contributed by atoms with Gasteiger partial charge in [0.25, 0.3) is 0 Å². The highest BCUT2D eigenvalue weighted by atomic mass is 32.2. The van der Waals surface area contributed by atoms with Gasteiger partial charge in [0, 0.05) is 10.3 Å². The normalized spacial score (nSPS) is 11.9. The number of hydrogen-bond acceptors (Lipinski definition) is 6. The summed E-state index contributed by atoms with van der Waals surface area (Å²) in [4.78, 5) is 23.6. The van der Waals surface area contributed by atoms with Crippen molar-refractivity contribution < 1.29 is 9.53 Å². The van der Waals surface area contributed by atoms with E-state index in [0.29, 0.717) is 11.4 Å². The van der Waals surface area contributed by atoms with Crippen molar-refractivity contribution in [2.45, 2.75) is 17.2 Å². The lowest BCUT2D eigenvalue weighted by molar-refractivity contribution is -0.115. The van der Waals surface area contributed by atoms with Crippen LogP contribution in [0.3, 0.4) is 0 Å². The second kappa shape index (κ2) is 8.63. The van der Waals surface area contributed by atoms with Gasteiger partial charge in [-0.3, -0.25) is 4.79 Å². The number of thioether (sulfide) groups is 1. The van der Waals surface area contributed by atoms with Crippen LogP contribution in [0, 0.1) is 0 Å². The van der Waals surface area contributed by atoms with E-state index in [1.807, 2.05) is 49.4 Å². The van der Waals surface area contributed by atoms with Crippen LogP contribution in [-0.4, -0.2) is 28.2 Å². The van der Waals surface area contributed by atoms with E-state index in [0.717, 1.165) is 25.7 Å². The molecule has 5 nitrogen and oxygen atoms in total. The third kappa shape index (κ3) is 4.26. The Morgan fingerprint density at radius 2 is 1.86 bits per heavy atom. The van der Waals surface area contributed by atoms with Gasteiger partial charge in [-0.25, -0.2) is 9.97 Å². The van der Waals surface area contributed by atoms with Crippen LogP contribution in [0.5, 0.6) is 5.75 Å². The largest absolute Gasteiger partial charge is 0.495 e. The Hall–Kier alpha value is -2.90. The van der Waals surface area contributed by atoms with E-state index in [1.165, 1.54) is 11.8 Å². The number of aromatic nitrogens is 2. The van der Waals surface area contributed by atoms with Gasteiger partial charge < -0.3 is 10.1 Å². The van der Waals surface area contributed by atoms with Crippen molar-refractivity contribution >= 4 is 44.9 Å². The Bertz CT molecular complexity index is 1150. The van der Waals surface area contributed by atoms with E-state index >= 15 is 0 Å². The maximum absolute atomic E-state index is 12.7. The minimum absolute atomic E-state index is 0.107. The number of benzene rings is 2. The average molecular weight is 422 g/mol. The molecule has 4 aromatic rings. The van der Waals surface area contributed by atoms with Gasteiger partial charge in [0.2, 0.25) is 5.91 Å². The molecular weight excluding hydrogens is 402 g/mol. The molecule has 0 saturated carbocycles. The lowest BCUT2D eigenvalue weighted by Crippen LogP contribution is -2.22. The molecule has 2 aromatic heterocycles. The molecule has 0 aliphatic rings. The van der Waals surface area contributed by atoms with Crippen LogP contribution in [0.15, 0.2) is 72.0 Å². The van der Waals surface area contributed by atoms with E-state index in [2.05, 4.69) is 33.5 Å². The van der Waals surface area contributed by atoms with E-state index < -0.39 is 0 Å². The van der Waals surface area contributed by atoms with Crippen molar-refractivity contribution in [1.82, 2.24) is 9.97 Å². The second-order valence-electron chi connectivity index (χ2n) is 6.32. The van der Waals surface area contributed by atoms with Gasteiger partial charge in [-0.2, -0.15) is 0 Å². The molecule has 29 heavy (non-hydrogen) atoms. The monoisotopic (exact) mass is 421 g/mol. The standard InChI is InChI=1S/C22H19N3O2S2/c1-14(20(26)25-17-10-6-7-11-18(17)27-2)28-21-16-12-19(15-8-4-3-5-9-15)29-22(16)24-13-23-21/h3-14H,1-2H3,(H,25,26)/t14-/m0/s1. The summed E-state index contributed by atoms with van der Waals surface area (Å²) in [6, 6.07) is 19.7. The van der Waals surface area contributed by atoms with Crippen LogP contribution < -0.4 is 10.1 Å². The summed E-state index contributed by atoms with van der Waals surface area (Å²) in [5.41, 5.74) is 1.80. The first-order valence-electron chi connectivity index (χ1n) is 9.06. The molecular formula is C22H19N3O2S2. The summed E-state index contributed by atoms with van der Waals surface area (Å²) in [6.07, 6.45) is 1.56. The van der Waals surface area contributed by atoms with Crippen molar-refractivity contribution in [1.29, 1.82) is 0 Å². The second-order valence-corrected chi connectivity index (χ2v) is 8.68. The molecule has 0 fully saturated rings. The fourth-order valence-electron chi connectivity index (χ4n) is 2.88. The smallest absolute Gasteiger partial charge is 0.237 e. The number of carbonyl (C=O) groups is 1. The first-order valence-corrected chi connectivity index (χ1v) is 10.8. The predicted octanol–water partition coefficient (Wildman–Crippen LogP) is 5.49. The molecule has 0 spiro atoms. The molecule has 1 N–H and O–H groups in total. The Morgan fingerprint density at radius 3 is 2.66 bits per heavy atom. The van der Waals surface area contributed by atoms with E-state index in [1.54, 1.807) is 24.8 Å². The molecule has 1 amide bonds. The Balaban J connectivity index is 1.55. The van der Waals surface area contributed by atoms with Gasteiger partial charge in [-0.05, 0) is 30.7 Å². The molecule has 7 heteroatoms. The maximum Gasteiger partial charge on any atom is 0.237 e. The average Bonchev–Trinajstić information content (AvgIpc) is 3.20. The third-order valence-electron chi connectivity index (χ3n) is 4.37. The number of ether oxygens (including phenoxy) is 1. The summed E-state index contributed by atoms with van der Waals surface area (Å²) in [5.74, 6) is 0.526. The van der Waals surface area contributed by atoms with Crippen molar-refractivity contribution in [3.63, 3.8) is 0 Å². The quantitative estimate of drug-likeness (QED) is 0.330. The highest BCUT2D eigenvalue weighted by Crippen LogP contribution is 2.37. The molecule has 146 valence electrons. The minimum Gasteiger partial charge on any atom is -0.495 e. The Morgan fingerprint density at radius 1 is 1.10 bits per heavy atom. The van der Waals surface area contributed by atoms with Crippen LogP contribution in [0.2, 0.25) is 0 Å². The highest BCUT2D eigenvalue weighted by molar-refractivity contribution is 8.00. The molecule has 4 rings (SSSR count). The van der Waals surface area contributed by atoms with Gasteiger partial charge in [-0.1, -0.05) is 54.2 Å². The zero-order chi connectivity index (χ0) is 20.2. The van der Waals surface area contributed by atoms with Crippen LogP contribution in [0.25, 0.3) is 20.7 Å². The topological polar surface area (TPSA) is 64.1 Å². The number of nitrogens with zero attached hydrogens (tertiary/aromatic N) is 2. The molecule has 0 unspecified atom stereocenters. The number of methoxy groups -OCH3 is 1. The van der Waals surface area contributed by atoms with Gasteiger partial charge in [0.1, 0.15) is 21.9 Å². The Labute approximate surface area is 177 Å². The van der Waals surface area contributed by atoms with E-state index in [9.17, 15) is 4.79 Å². The fraction of sp³-hybridized carbons (Fsp3) is 0.136. The van der Waals surface area contributed by atoms with Gasteiger partial charge >= 0.3 is 0 Å². The lowest BCUT2D eigenvalue weighted by atomic mass is 10.2. The number of rotatable bonds is 6. The summed E-state index contributed by atoms with van der Waals surface area (Å²) < 4.78 is 5.31. The van der Waals surface area contributed by atoms with Crippen molar-refractivity contribution in [2.24, 2.45) is 0 Å². The summed E-state index contributed by atoms with van der Waals surface area (Å²) in [7, 11) is 1.59. The molecule has 0 aliphatic heterocycles. The maximum atomic E-state index is 12.7. The number of thiophene rings is 1. The van der Waals surface area contributed by atoms with Crippen molar-refractivity contribution in [2.75, 3.05) is 12.4 Å². The SMILES string of the molecule is COc1ccccc1NC(=O)[C@H](C)Sc1ncnc2sc(-c3ccccc3)cc12. The first-order chi connectivity index (χ1) is 14.2. The van der Waals surface area contributed by atoms with Crippen LogP contribution >= 0.6 is 23.1 Å². The van der Waals surface area contributed by atoms with Crippen LogP contribution in [0.4, 0.5) is 5.69 Å². The lowest BCUT2D eigenvalue weighted by Gasteiger charge is -2.14. The Kier molecular flexibility index (Phi) is 5.78. The highest BCUT2D eigenvalue weighted by Gasteiger charge is 2.19. The number of carbonyl (C=O) groups excluding carboxylic acids is 1. The minimum atomic E-state index is -0.335. The fourth-order valence-corrected chi connectivity index (χ4v) is 4.84. The number of hydrogen-bond donors (Lipinski definition) is 1. The number of anilines is 1. The molecule has 2 heterocycles. The summed E-state index contributed by atoms with van der Waals surface area (Å²) >= 11 is 3.05. The summed E-state index contributed by atoms with van der Waals surface area (Å²) in [6.45, 7) is 1.87. The zero-order valence-electron chi connectivity index (χ0n) is 16.0. The van der Waals surface area contributed by atoms with Gasteiger partial charge in [0.05, 0.1) is 18.0 Å². The molecule has 0 aliphatic carbocycles. The number of fused-ring (bicyclic) bond motifs is 1. The molecule has 2 aromatic carbocycles. The van der Waals surface area contributed by atoms with E-state index in [4.69, 9.17) is 4.74 Å². The van der Waals surface area contributed by atoms with Crippen molar-refractivity contribution in [3.05, 3.63) is 67.0 Å².